The Balaban J connectivity index is 1.93. The van der Waals surface area contributed by atoms with Crippen molar-refractivity contribution in [1.29, 1.82) is 0 Å². The maximum absolute atomic E-state index is 13.4. The lowest BCUT2D eigenvalue weighted by atomic mass is 10.1. The van der Waals surface area contributed by atoms with Gasteiger partial charge < -0.3 is 4.90 Å². The normalized spacial score (nSPS) is 11.6. The average molecular weight is 471 g/mol. The number of amides is 1. The van der Waals surface area contributed by atoms with E-state index in [0.29, 0.717) is 16.3 Å². The van der Waals surface area contributed by atoms with Gasteiger partial charge >= 0.3 is 0 Å². The van der Waals surface area contributed by atoms with Crippen LogP contribution in [0.3, 0.4) is 0 Å². The number of aryl methyl sites for hydroxylation is 3. The molecule has 3 aromatic carbocycles. The number of sulfonamides is 1. The lowest BCUT2D eigenvalue weighted by Gasteiger charge is -2.25. The van der Waals surface area contributed by atoms with E-state index in [4.69, 9.17) is 11.6 Å². The molecule has 0 saturated carbocycles. The van der Waals surface area contributed by atoms with Crippen molar-refractivity contribution < 1.29 is 13.2 Å². The molecule has 32 heavy (non-hydrogen) atoms. The van der Waals surface area contributed by atoms with Gasteiger partial charge in [0.05, 0.1) is 11.4 Å². The predicted molar refractivity (Wildman–Crippen MR) is 130 cm³/mol. The van der Waals surface area contributed by atoms with Crippen molar-refractivity contribution >= 4 is 33.2 Å². The fraction of sp³-hybridized carbons (Fsp3) is 0.240. The molecular weight excluding hydrogens is 444 g/mol. The molecule has 0 radical (unpaired) electrons. The minimum Gasteiger partial charge on any atom is -0.314 e. The smallest absolute Gasteiger partial charge is 0.243 e. The third-order valence-electron chi connectivity index (χ3n) is 5.47. The summed E-state index contributed by atoms with van der Waals surface area (Å²) >= 11 is 6.10. The minimum absolute atomic E-state index is 0.0310. The van der Waals surface area contributed by atoms with Gasteiger partial charge in [0.2, 0.25) is 15.9 Å². The Hall–Kier alpha value is -2.67. The largest absolute Gasteiger partial charge is 0.314 e. The number of benzene rings is 3. The summed E-state index contributed by atoms with van der Waals surface area (Å²) in [5.41, 5.74) is 4.56. The molecule has 0 fully saturated rings. The molecule has 0 saturated heterocycles. The highest BCUT2D eigenvalue weighted by Crippen LogP contribution is 2.22. The molecule has 168 valence electrons. The molecule has 0 heterocycles. The van der Waals surface area contributed by atoms with E-state index < -0.39 is 10.0 Å². The highest BCUT2D eigenvalue weighted by atomic mass is 35.5. The molecule has 0 spiro atoms. The van der Waals surface area contributed by atoms with Crippen LogP contribution in [0.4, 0.5) is 5.69 Å². The highest BCUT2D eigenvalue weighted by molar-refractivity contribution is 7.89. The fourth-order valence-electron chi connectivity index (χ4n) is 3.26. The summed E-state index contributed by atoms with van der Waals surface area (Å²) in [6, 6.07) is 19.3. The van der Waals surface area contributed by atoms with Crippen LogP contribution in [-0.4, -0.2) is 32.2 Å². The number of nitrogens with zero attached hydrogens (tertiary/aromatic N) is 2. The zero-order chi connectivity index (χ0) is 23.5. The lowest BCUT2D eigenvalue weighted by molar-refractivity contribution is -0.118. The summed E-state index contributed by atoms with van der Waals surface area (Å²) in [7, 11) is -2.26. The van der Waals surface area contributed by atoms with Crippen LogP contribution in [0, 0.1) is 20.8 Å². The summed E-state index contributed by atoms with van der Waals surface area (Å²) < 4.78 is 28.1. The number of halogens is 1. The van der Waals surface area contributed by atoms with Gasteiger partial charge in [-0.3, -0.25) is 4.79 Å². The summed E-state index contributed by atoms with van der Waals surface area (Å²) in [5.74, 6) is -0.328. The minimum atomic E-state index is -3.91. The number of carbonyl (C=O) groups is 1. The second-order valence-corrected chi connectivity index (χ2v) is 10.3. The van der Waals surface area contributed by atoms with Gasteiger partial charge in [-0.05, 0) is 73.9 Å². The van der Waals surface area contributed by atoms with Gasteiger partial charge in [-0.25, -0.2) is 8.42 Å². The van der Waals surface area contributed by atoms with Crippen LogP contribution in [0.1, 0.15) is 22.3 Å². The monoisotopic (exact) mass is 470 g/mol. The molecule has 0 bridgehead atoms. The first-order valence-corrected chi connectivity index (χ1v) is 12.0. The van der Waals surface area contributed by atoms with Crippen molar-refractivity contribution in [3.63, 3.8) is 0 Å². The zero-order valence-electron chi connectivity index (χ0n) is 18.7. The third kappa shape index (κ3) is 5.57. The Labute approximate surface area is 195 Å². The molecule has 3 aromatic rings. The zero-order valence-corrected chi connectivity index (χ0v) is 20.2. The van der Waals surface area contributed by atoms with E-state index in [1.165, 1.54) is 9.21 Å². The number of rotatable bonds is 7. The van der Waals surface area contributed by atoms with E-state index in [-0.39, 0.29) is 23.9 Å². The van der Waals surface area contributed by atoms with Crippen LogP contribution in [0.5, 0.6) is 0 Å². The maximum Gasteiger partial charge on any atom is 0.243 e. The molecule has 5 nitrogen and oxygen atoms in total. The van der Waals surface area contributed by atoms with Crippen molar-refractivity contribution in [2.75, 3.05) is 18.5 Å². The molecule has 0 aliphatic rings. The van der Waals surface area contributed by atoms with Gasteiger partial charge in [0, 0.05) is 24.3 Å². The lowest BCUT2D eigenvalue weighted by Crippen LogP contribution is -2.41. The van der Waals surface area contributed by atoms with Crippen molar-refractivity contribution in [2.24, 2.45) is 0 Å². The second-order valence-electron chi connectivity index (χ2n) is 7.94. The highest BCUT2D eigenvalue weighted by Gasteiger charge is 2.28. The van der Waals surface area contributed by atoms with Gasteiger partial charge in [-0.2, -0.15) is 4.31 Å². The molecule has 3 rings (SSSR count). The van der Waals surface area contributed by atoms with E-state index in [9.17, 15) is 13.2 Å². The Morgan fingerprint density at radius 1 is 0.906 bits per heavy atom. The van der Waals surface area contributed by atoms with E-state index >= 15 is 0 Å². The summed E-state index contributed by atoms with van der Waals surface area (Å²) in [5, 5.41) is 0.508. The number of anilines is 1. The van der Waals surface area contributed by atoms with Crippen LogP contribution < -0.4 is 4.90 Å². The van der Waals surface area contributed by atoms with E-state index in [2.05, 4.69) is 0 Å². The predicted octanol–water partition coefficient (Wildman–Crippen LogP) is 5.12. The van der Waals surface area contributed by atoms with Crippen molar-refractivity contribution in [1.82, 2.24) is 4.31 Å². The van der Waals surface area contributed by atoms with Crippen molar-refractivity contribution in [2.45, 2.75) is 32.2 Å². The molecule has 0 unspecified atom stereocenters. The molecule has 7 heteroatoms. The first-order chi connectivity index (χ1) is 15.1. The van der Waals surface area contributed by atoms with Gasteiger partial charge in [0.1, 0.15) is 0 Å². The van der Waals surface area contributed by atoms with Gasteiger partial charge in [0.15, 0.2) is 0 Å². The second kappa shape index (κ2) is 9.86. The number of hydrogen-bond acceptors (Lipinski definition) is 3. The van der Waals surface area contributed by atoms with E-state index in [1.807, 2.05) is 39.0 Å². The third-order valence-corrected chi connectivity index (χ3v) is 7.51. The topological polar surface area (TPSA) is 57.7 Å². The van der Waals surface area contributed by atoms with Gasteiger partial charge in [0.25, 0.3) is 0 Å². The number of carbonyl (C=O) groups excluding carboxylic acids is 1. The molecule has 0 aromatic heterocycles. The van der Waals surface area contributed by atoms with Crippen LogP contribution in [0.15, 0.2) is 71.6 Å². The Morgan fingerprint density at radius 3 is 2.22 bits per heavy atom. The van der Waals surface area contributed by atoms with E-state index in [0.717, 1.165) is 16.7 Å². The molecule has 0 aliphatic heterocycles. The molecular formula is C25H27ClN2O3S. The Kier molecular flexibility index (Phi) is 7.39. The first kappa shape index (κ1) is 24.0. The number of likely N-dealkylation sites (N-methyl/N-ethyl adjacent to an activating group) is 1. The standard InChI is InChI=1S/C25H27ClN2O3S/c1-18-8-12-24(13-9-18)32(30,31)28(16-21-6-5-7-22(26)15-21)17-25(29)27(4)23-11-10-19(2)20(3)14-23/h5-15H,16-17H2,1-4H3. The van der Waals surface area contributed by atoms with Crippen LogP contribution in [-0.2, 0) is 21.4 Å². The van der Waals surface area contributed by atoms with Crippen molar-refractivity contribution in [3.8, 4) is 0 Å². The number of hydrogen-bond donors (Lipinski definition) is 0. The SMILES string of the molecule is Cc1ccc(S(=O)(=O)N(CC(=O)N(C)c2ccc(C)c(C)c2)Cc2cccc(Cl)c2)cc1. The fourth-order valence-corrected chi connectivity index (χ4v) is 4.85. The molecule has 1 amide bonds. The van der Waals surface area contributed by atoms with E-state index in [1.54, 1.807) is 55.6 Å². The summed E-state index contributed by atoms with van der Waals surface area (Å²) in [6.45, 7) is 5.60. The molecule has 0 aliphatic carbocycles. The average Bonchev–Trinajstić information content (AvgIpc) is 2.75. The van der Waals surface area contributed by atoms with Gasteiger partial charge in [-0.1, -0.05) is 47.5 Å². The van der Waals surface area contributed by atoms with Crippen LogP contribution in [0.25, 0.3) is 0 Å². The summed E-state index contributed by atoms with van der Waals surface area (Å²) in [6.07, 6.45) is 0. The van der Waals surface area contributed by atoms with Crippen molar-refractivity contribution in [3.05, 3.63) is 94.0 Å². The molecule has 0 atom stereocenters. The first-order valence-electron chi connectivity index (χ1n) is 10.2. The maximum atomic E-state index is 13.4. The Bertz CT molecular complexity index is 1220. The molecule has 0 N–H and O–H groups in total. The van der Waals surface area contributed by atoms with Crippen LogP contribution >= 0.6 is 11.6 Å². The quantitative estimate of drug-likeness (QED) is 0.481. The van der Waals surface area contributed by atoms with Crippen LogP contribution in [0.2, 0.25) is 5.02 Å². The van der Waals surface area contributed by atoms with Gasteiger partial charge in [-0.15, -0.1) is 0 Å². The summed E-state index contributed by atoms with van der Waals surface area (Å²) in [4.78, 5) is 14.8. The Morgan fingerprint density at radius 2 is 1.59 bits per heavy atom.